The van der Waals surface area contributed by atoms with Crippen molar-refractivity contribution < 1.29 is 13.2 Å². The lowest BCUT2D eigenvalue weighted by Crippen LogP contribution is -2.29. The Hall–Kier alpha value is -1.33. The standard InChI is InChI=1S/C7H7F3N2O/c1-2-12-6(13)5(3-4-11-12)7(8,9)10/h3-4H,2H2,1H3. The van der Waals surface area contributed by atoms with Crippen LogP contribution >= 0.6 is 0 Å². The average molecular weight is 192 g/mol. The fourth-order valence-electron chi connectivity index (χ4n) is 0.892. The van der Waals surface area contributed by atoms with Crippen molar-refractivity contribution in [3.63, 3.8) is 0 Å². The minimum absolute atomic E-state index is 0.128. The Labute approximate surface area is 71.8 Å². The van der Waals surface area contributed by atoms with E-state index in [0.717, 1.165) is 10.9 Å². The number of hydrogen-bond donors (Lipinski definition) is 0. The number of halogens is 3. The Morgan fingerprint density at radius 1 is 1.54 bits per heavy atom. The Morgan fingerprint density at radius 2 is 2.15 bits per heavy atom. The van der Waals surface area contributed by atoms with Gasteiger partial charge in [0.05, 0.1) is 0 Å². The number of hydrogen-bond acceptors (Lipinski definition) is 2. The summed E-state index contributed by atoms with van der Waals surface area (Å²) in [5, 5.41) is 3.48. The highest BCUT2D eigenvalue weighted by Crippen LogP contribution is 2.25. The van der Waals surface area contributed by atoms with Crippen LogP contribution in [0.2, 0.25) is 0 Å². The molecule has 6 heteroatoms. The minimum atomic E-state index is -4.60. The first-order chi connectivity index (χ1) is 5.96. The first kappa shape index (κ1) is 9.76. The summed E-state index contributed by atoms with van der Waals surface area (Å²) in [7, 11) is 0. The van der Waals surface area contributed by atoms with Gasteiger partial charge in [0.1, 0.15) is 5.56 Å². The third-order valence-electron chi connectivity index (χ3n) is 1.52. The summed E-state index contributed by atoms with van der Waals surface area (Å²) < 4.78 is 37.1. The second-order valence-corrected chi connectivity index (χ2v) is 2.36. The maximum absolute atomic E-state index is 12.1. The lowest BCUT2D eigenvalue weighted by atomic mass is 10.3. The highest BCUT2D eigenvalue weighted by molar-refractivity contribution is 5.10. The fraction of sp³-hybridized carbons (Fsp3) is 0.429. The van der Waals surface area contributed by atoms with Crippen molar-refractivity contribution >= 4 is 0 Å². The lowest BCUT2D eigenvalue weighted by molar-refractivity contribution is -0.139. The van der Waals surface area contributed by atoms with Gasteiger partial charge < -0.3 is 0 Å². The zero-order valence-corrected chi connectivity index (χ0v) is 6.80. The van der Waals surface area contributed by atoms with E-state index < -0.39 is 17.3 Å². The molecule has 0 aliphatic rings. The molecule has 0 atom stereocenters. The van der Waals surface area contributed by atoms with E-state index in [1.54, 1.807) is 6.92 Å². The van der Waals surface area contributed by atoms with Gasteiger partial charge in [0, 0.05) is 12.7 Å². The third-order valence-corrected chi connectivity index (χ3v) is 1.52. The zero-order chi connectivity index (χ0) is 10.1. The van der Waals surface area contributed by atoms with E-state index in [1.807, 2.05) is 0 Å². The molecule has 0 N–H and O–H groups in total. The molecule has 1 rings (SSSR count). The van der Waals surface area contributed by atoms with Crippen molar-refractivity contribution in [1.29, 1.82) is 0 Å². The fourth-order valence-corrected chi connectivity index (χ4v) is 0.892. The maximum Gasteiger partial charge on any atom is 0.421 e. The van der Waals surface area contributed by atoms with E-state index in [2.05, 4.69) is 5.10 Å². The van der Waals surface area contributed by atoms with E-state index in [9.17, 15) is 18.0 Å². The van der Waals surface area contributed by atoms with Crippen molar-refractivity contribution in [2.24, 2.45) is 0 Å². The van der Waals surface area contributed by atoms with Crippen LogP contribution in [-0.4, -0.2) is 9.78 Å². The molecule has 72 valence electrons. The first-order valence-electron chi connectivity index (χ1n) is 3.60. The quantitative estimate of drug-likeness (QED) is 0.671. The minimum Gasteiger partial charge on any atom is -0.267 e. The molecule has 0 bridgehead atoms. The van der Waals surface area contributed by atoms with Gasteiger partial charge in [-0.05, 0) is 13.0 Å². The van der Waals surface area contributed by atoms with E-state index in [4.69, 9.17) is 0 Å². The first-order valence-corrected chi connectivity index (χ1v) is 3.60. The van der Waals surface area contributed by atoms with Gasteiger partial charge in [-0.2, -0.15) is 18.3 Å². The van der Waals surface area contributed by atoms with Crippen LogP contribution in [0.1, 0.15) is 12.5 Å². The van der Waals surface area contributed by atoms with Crippen LogP contribution in [0.5, 0.6) is 0 Å². The van der Waals surface area contributed by atoms with E-state index >= 15 is 0 Å². The van der Waals surface area contributed by atoms with E-state index in [0.29, 0.717) is 6.07 Å². The molecule has 1 aromatic rings. The van der Waals surface area contributed by atoms with Crippen LogP contribution in [0.3, 0.4) is 0 Å². The van der Waals surface area contributed by atoms with Crippen LogP contribution in [-0.2, 0) is 12.7 Å². The molecule has 3 nitrogen and oxygen atoms in total. The molecule has 0 aliphatic heterocycles. The topological polar surface area (TPSA) is 34.9 Å². The van der Waals surface area contributed by atoms with Gasteiger partial charge in [0.2, 0.25) is 0 Å². The number of aromatic nitrogens is 2. The molecule has 0 saturated heterocycles. The number of alkyl halides is 3. The Balaban J connectivity index is 3.33. The molecule has 1 heterocycles. The normalized spacial score (nSPS) is 11.7. The van der Waals surface area contributed by atoms with Gasteiger partial charge in [-0.25, -0.2) is 4.68 Å². The maximum atomic E-state index is 12.1. The summed E-state index contributed by atoms with van der Waals surface area (Å²) >= 11 is 0. The van der Waals surface area contributed by atoms with Gasteiger partial charge in [-0.15, -0.1) is 0 Å². The Kier molecular flexibility index (Phi) is 2.40. The molecular formula is C7H7F3N2O. The van der Waals surface area contributed by atoms with Crippen LogP contribution in [0.4, 0.5) is 13.2 Å². The number of rotatable bonds is 1. The molecule has 0 spiro atoms. The highest BCUT2D eigenvalue weighted by Gasteiger charge is 2.34. The average Bonchev–Trinajstić information content (AvgIpc) is 2.02. The van der Waals surface area contributed by atoms with Gasteiger partial charge in [0.25, 0.3) is 5.56 Å². The smallest absolute Gasteiger partial charge is 0.267 e. The summed E-state index contributed by atoms with van der Waals surface area (Å²) in [4.78, 5) is 11.0. The van der Waals surface area contributed by atoms with Crippen LogP contribution in [0, 0.1) is 0 Å². The Morgan fingerprint density at radius 3 is 2.62 bits per heavy atom. The summed E-state index contributed by atoms with van der Waals surface area (Å²) in [6, 6.07) is 0.675. The molecule has 0 fully saturated rings. The monoisotopic (exact) mass is 192 g/mol. The van der Waals surface area contributed by atoms with Gasteiger partial charge in [0.15, 0.2) is 0 Å². The van der Waals surface area contributed by atoms with Crippen LogP contribution in [0.15, 0.2) is 17.1 Å². The molecule has 0 unspecified atom stereocenters. The lowest BCUT2D eigenvalue weighted by Gasteiger charge is -2.06. The van der Waals surface area contributed by atoms with Gasteiger partial charge >= 0.3 is 6.18 Å². The Bertz CT molecular complexity index is 355. The largest absolute Gasteiger partial charge is 0.421 e. The van der Waals surface area contributed by atoms with Crippen LogP contribution < -0.4 is 5.56 Å². The second-order valence-electron chi connectivity index (χ2n) is 2.36. The van der Waals surface area contributed by atoms with Gasteiger partial charge in [-0.3, -0.25) is 4.79 Å². The SMILES string of the molecule is CCn1nccc(C(F)(F)F)c1=O. The van der Waals surface area contributed by atoms with Crippen molar-refractivity contribution in [2.45, 2.75) is 19.6 Å². The molecule has 0 aliphatic carbocycles. The van der Waals surface area contributed by atoms with E-state index in [1.165, 1.54) is 0 Å². The predicted molar refractivity (Wildman–Crippen MR) is 39.2 cm³/mol. The molecule has 0 amide bonds. The molecular weight excluding hydrogens is 185 g/mol. The summed E-state index contributed by atoms with van der Waals surface area (Å²) in [6.07, 6.45) is -3.63. The van der Waals surface area contributed by atoms with Crippen molar-refractivity contribution in [3.05, 3.63) is 28.2 Å². The molecule has 13 heavy (non-hydrogen) atoms. The van der Waals surface area contributed by atoms with Crippen molar-refractivity contribution in [1.82, 2.24) is 9.78 Å². The van der Waals surface area contributed by atoms with Crippen molar-refractivity contribution in [2.75, 3.05) is 0 Å². The van der Waals surface area contributed by atoms with Crippen LogP contribution in [0.25, 0.3) is 0 Å². The predicted octanol–water partition coefficient (Wildman–Crippen LogP) is 1.28. The summed E-state index contributed by atoms with van der Waals surface area (Å²) in [5.74, 6) is 0. The second kappa shape index (κ2) is 3.20. The third kappa shape index (κ3) is 1.88. The van der Waals surface area contributed by atoms with Crippen molar-refractivity contribution in [3.8, 4) is 0 Å². The number of nitrogens with zero attached hydrogens (tertiary/aromatic N) is 2. The molecule has 0 radical (unpaired) electrons. The molecule has 0 aromatic carbocycles. The van der Waals surface area contributed by atoms with E-state index in [-0.39, 0.29) is 6.54 Å². The molecule has 0 saturated carbocycles. The zero-order valence-electron chi connectivity index (χ0n) is 6.80. The number of aryl methyl sites for hydroxylation is 1. The van der Waals surface area contributed by atoms with Gasteiger partial charge in [-0.1, -0.05) is 0 Å². The molecule has 1 aromatic heterocycles. The summed E-state index contributed by atoms with van der Waals surface area (Å²) in [6.45, 7) is 1.68. The summed E-state index contributed by atoms with van der Waals surface area (Å²) in [5.41, 5.74) is -2.28. The highest BCUT2D eigenvalue weighted by atomic mass is 19.4.